The molecule has 1 aliphatic heterocycles. The van der Waals surface area contributed by atoms with Crippen molar-refractivity contribution < 1.29 is 14.6 Å². The molecule has 1 N–H and O–H groups in total. The summed E-state index contributed by atoms with van der Waals surface area (Å²) in [6, 6.07) is 1.97. The van der Waals surface area contributed by atoms with E-state index < -0.39 is 5.97 Å². The number of hydrogen-bond donors (Lipinski definition) is 1. The van der Waals surface area contributed by atoms with Crippen LogP contribution in [0.2, 0.25) is 0 Å². The summed E-state index contributed by atoms with van der Waals surface area (Å²) in [5, 5.41) is 10.7. The molecule has 0 unspecified atom stereocenters. The van der Waals surface area contributed by atoms with E-state index in [0.717, 1.165) is 31.9 Å². The van der Waals surface area contributed by atoms with Crippen molar-refractivity contribution in [2.45, 2.75) is 25.9 Å². The normalized spacial score (nSPS) is 19.9. The van der Waals surface area contributed by atoms with Gasteiger partial charge in [0.1, 0.15) is 0 Å². The maximum Gasteiger partial charge on any atom is 0.328 e. The molecule has 4 nitrogen and oxygen atoms in total. The van der Waals surface area contributed by atoms with Gasteiger partial charge in [-0.15, -0.1) is 11.3 Å². The van der Waals surface area contributed by atoms with Gasteiger partial charge in [-0.3, -0.25) is 4.90 Å². The Balaban J connectivity index is 2.11. The highest BCUT2D eigenvalue weighted by Crippen LogP contribution is 2.26. The van der Waals surface area contributed by atoms with Gasteiger partial charge in [-0.2, -0.15) is 0 Å². The van der Waals surface area contributed by atoms with E-state index in [-0.39, 0.29) is 5.54 Å². The van der Waals surface area contributed by atoms with Crippen LogP contribution in [0, 0.1) is 0 Å². The van der Waals surface area contributed by atoms with Gasteiger partial charge in [0.25, 0.3) is 0 Å². The number of thiophene rings is 1. The lowest BCUT2D eigenvalue weighted by molar-refractivity contribution is -0.131. The molecule has 1 fully saturated rings. The standard InChI is InChI=1S/C14H19NO3S/c1-14(2)10-18-7-6-15(14)9-12-11(5-8-19-12)3-4-13(16)17/h3-5,8H,6-7,9-10H2,1-2H3,(H,16,17). The second-order valence-corrected chi connectivity index (χ2v) is 6.26. The lowest BCUT2D eigenvalue weighted by Crippen LogP contribution is -2.52. The molecule has 1 aromatic heterocycles. The zero-order chi connectivity index (χ0) is 13.9. The van der Waals surface area contributed by atoms with Crippen LogP contribution in [0.5, 0.6) is 0 Å². The Labute approximate surface area is 117 Å². The summed E-state index contributed by atoms with van der Waals surface area (Å²) in [6.07, 6.45) is 2.86. The molecule has 0 aliphatic carbocycles. The van der Waals surface area contributed by atoms with Gasteiger partial charge < -0.3 is 9.84 Å². The molecule has 0 aromatic carbocycles. The molecule has 0 atom stereocenters. The van der Waals surface area contributed by atoms with Crippen molar-refractivity contribution in [3.63, 3.8) is 0 Å². The van der Waals surface area contributed by atoms with Gasteiger partial charge in [0.05, 0.1) is 13.2 Å². The second kappa shape index (κ2) is 5.86. The summed E-state index contributed by atoms with van der Waals surface area (Å²) < 4.78 is 5.51. The minimum atomic E-state index is -0.913. The van der Waals surface area contributed by atoms with Crippen LogP contribution < -0.4 is 0 Å². The highest BCUT2D eigenvalue weighted by atomic mass is 32.1. The summed E-state index contributed by atoms with van der Waals surface area (Å²) in [6.45, 7) is 7.59. The third-order valence-corrected chi connectivity index (χ3v) is 4.26. The molecule has 19 heavy (non-hydrogen) atoms. The summed E-state index contributed by atoms with van der Waals surface area (Å²) in [5.74, 6) is -0.913. The number of aliphatic carboxylic acids is 1. The zero-order valence-electron chi connectivity index (χ0n) is 11.3. The third-order valence-electron chi connectivity index (χ3n) is 3.34. The van der Waals surface area contributed by atoms with Crippen LogP contribution in [0.15, 0.2) is 17.5 Å². The predicted molar refractivity (Wildman–Crippen MR) is 76.3 cm³/mol. The molecule has 0 bridgehead atoms. The molecule has 0 spiro atoms. The second-order valence-electron chi connectivity index (χ2n) is 5.26. The highest BCUT2D eigenvalue weighted by Gasteiger charge is 2.30. The van der Waals surface area contributed by atoms with Crippen molar-refractivity contribution in [1.82, 2.24) is 4.90 Å². The van der Waals surface area contributed by atoms with Gasteiger partial charge in [0, 0.05) is 29.6 Å². The fraction of sp³-hybridized carbons (Fsp3) is 0.500. The van der Waals surface area contributed by atoms with E-state index in [9.17, 15) is 4.79 Å². The van der Waals surface area contributed by atoms with Crippen LogP contribution in [0.4, 0.5) is 0 Å². The van der Waals surface area contributed by atoms with Crippen LogP contribution in [0.25, 0.3) is 6.08 Å². The molecule has 1 aliphatic rings. The van der Waals surface area contributed by atoms with Crippen molar-refractivity contribution in [3.8, 4) is 0 Å². The molecule has 1 saturated heterocycles. The van der Waals surface area contributed by atoms with E-state index in [4.69, 9.17) is 9.84 Å². The molecule has 0 amide bonds. The SMILES string of the molecule is CC1(C)COCCN1Cc1sccc1C=CC(=O)O. The Kier molecular flexibility index (Phi) is 4.39. The molecule has 2 heterocycles. The average Bonchev–Trinajstić information content (AvgIpc) is 2.76. The fourth-order valence-electron chi connectivity index (χ4n) is 2.15. The zero-order valence-corrected chi connectivity index (χ0v) is 12.1. The predicted octanol–water partition coefficient (Wildman–Crippen LogP) is 2.46. The Bertz CT molecular complexity index is 479. The summed E-state index contributed by atoms with van der Waals surface area (Å²) in [4.78, 5) is 14.2. The number of morpholine rings is 1. The van der Waals surface area contributed by atoms with Gasteiger partial charge in [-0.05, 0) is 36.9 Å². The Morgan fingerprint density at radius 2 is 2.42 bits per heavy atom. The molecule has 0 saturated carbocycles. The van der Waals surface area contributed by atoms with Crippen molar-refractivity contribution >= 4 is 23.4 Å². The minimum Gasteiger partial charge on any atom is -0.478 e. The molecular formula is C14H19NO3S. The molecule has 104 valence electrons. The van der Waals surface area contributed by atoms with E-state index in [0.29, 0.717) is 0 Å². The van der Waals surface area contributed by atoms with Gasteiger partial charge in [-0.25, -0.2) is 4.79 Å². The van der Waals surface area contributed by atoms with Gasteiger partial charge >= 0.3 is 5.97 Å². The average molecular weight is 281 g/mol. The largest absolute Gasteiger partial charge is 0.478 e. The number of carboxylic acids is 1. The minimum absolute atomic E-state index is 0.0238. The maximum atomic E-state index is 10.6. The first-order valence-corrected chi connectivity index (χ1v) is 7.17. The number of carbonyl (C=O) groups is 1. The monoisotopic (exact) mass is 281 g/mol. The van der Waals surface area contributed by atoms with Gasteiger partial charge in [0.15, 0.2) is 0 Å². The first kappa shape index (κ1) is 14.2. The van der Waals surface area contributed by atoms with E-state index in [1.54, 1.807) is 17.4 Å². The summed E-state index contributed by atoms with van der Waals surface area (Å²) in [7, 11) is 0. The smallest absolute Gasteiger partial charge is 0.328 e. The lowest BCUT2D eigenvalue weighted by Gasteiger charge is -2.42. The van der Waals surface area contributed by atoms with E-state index in [1.807, 2.05) is 11.4 Å². The van der Waals surface area contributed by atoms with E-state index >= 15 is 0 Å². The first-order valence-electron chi connectivity index (χ1n) is 6.29. The van der Waals surface area contributed by atoms with Gasteiger partial charge in [0.2, 0.25) is 0 Å². The Hall–Kier alpha value is -1.17. The molecule has 0 radical (unpaired) electrons. The highest BCUT2D eigenvalue weighted by molar-refractivity contribution is 7.10. The van der Waals surface area contributed by atoms with Crippen LogP contribution in [-0.4, -0.2) is 41.3 Å². The van der Waals surface area contributed by atoms with Crippen LogP contribution in [0.3, 0.4) is 0 Å². The van der Waals surface area contributed by atoms with Gasteiger partial charge in [-0.1, -0.05) is 0 Å². The topological polar surface area (TPSA) is 49.8 Å². The molecular weight excluding hydrogens is 262 g/mol. The lowest BCUT2D eigenvalue weighted by atomic mass is 10.0. The Morgan fingerprint density at radius 3 is 3.11 bits per heavy atom. The number of hydrogen-bond acceptors (Lipinski definition) is 4. The summed E-state index contributed by atoms with van der Waals surface area (Å²) >= 11 is 1.67. The van der Waals surface area contributed by atoms with Crippen molar-refractivity contribution in [1.29, 1.82) is 0 Å². The fourth-order valence-corrected chi connectivity index (χ4v) is 3.03. The number of ether oxygens (including phenoxy) is 1. The number of carboxylic acid groups (broad SMARTS) is 1. The molecule has 5 heteroatoms. The molecule has 1 aromatic rings. The van der Waals surface area contributed by atoms with Crippen molar-refractivity contribution in [2.75, 3.05) is 19.8 Å². The van der Waals surface area contributed by atoms with Crippen molar-refractivity contribution in [2.24, 2.45) is 0 Å². The maximum absolute atomic E-state index is 10.6. The molecule has 2 rings (SSSR count). The quantitative estimate of drug-likeness (QED) is 0.861. The van der Waals surface area contributed by atoms with E-state index in [2.05, 4.69) is 18.7 Å². The summed E-state index contributed by atoms with van der Waals surface area (Å²) in [5.41, 5.74) is 1.02. The Morgan fingerprint density at radius 1 is 1.63 bits per heavy atom. The van der Waals surface area contributed by atoms with E-state index in [1.165, 1.54) is 11.0 Å². The number of nitrogens with zero attached hydrogens (tertiary/aromatic N) is 1. The third kappa shape index (κ3) is 3.65. The number of rotatable bonds is 4. The first-order chi connectivity index (χ1) is 8.99. The van der Waals surface area contributed by atoms with Crippen LogP contribution in [0.1, 0.15) is 24.3 Å². The van der Waals surface area contributed by atoms with Crippen LogP contribution in [-0.2, 0) is 16.1 Å². The van der Waals surface area contributed by atoms with Crippen LogP contribution >= 0.6 is 11.3 Å². The van der Waals surface area contributed by atoms with Crippen molar-refractivity contribution in [3.05, 3.63) is 28.0 Å².